The quantitative estimate of drug-likeness (QED) is 0.208. The lowest BCUT2D eigenvalue weighted by atomic mass is 9.72. The summed E-state index contributed by atoms with van der Waals surface area (Å²) in [7, 11) is 0. The van der Waals surface area contributed by atoms with Crippen LogP contribution in [0.25, 0.3) is 22.1 Å². The number of alkyl halides is 3. The maximum atomic E-state index is 13.6. The Labute approximate surface area is 240 Å². The number of ether oxygens (including phenoxy) is 2. The second-order valence-electron chi connectivity index (χ2n) is 13.9. The molecule has 0 amide bonds. The van der Waals surface area contributed by atoms with Crippen LogP contribution in [-0.2, 0) is 15.7 Å². The molecule has 0 bridgehead atoms. The summed E-state index contributed by atoms with van der Waals surface area (Å²) in [5.74, 6) is -0.283. The van der Waals surface area contributed by atoms with Gasteiger partial charge in [0.2, 0.25) is 0 Å². The maximum Gasteiger partial charge on any atom is 0.417 e. The Balaban J connectivity index is 1.90. The highest BCUT2D eigenvalue weighted by Gasteiger charge is 2.46. The topological polar surface area (TPSA) is 65.7 Å². The zero-order valence-corrected chi connectivity index (χ0v) is 25.6. The van der Waals surface area contributed by atoms with E-state index >= 15 is 0 Å². The summed E-state index contributed by atoms with van der Waals surface area (Å²) in [5, 5.41) is 0.433. The van der Waals surface area contributed by atoms with Crippen molar-refractivity contribution in [3.63, 3.8) is 0 Å². The molecule has 0 N–H and O–H groups in total. The van der Waals surface area contributed by atoms with E-state index in [2.05, 4.69) is 20.8 Å². The smallest absolute Gasteiger partial charge is 0.417 e. The molecule has 0 aliphatic rings. The fourth-order valence-electron chi connectivity index (χ4n) is 4.53. The van der Waals surface area contributed by atoms with E-state index in [1.807, 2.05) is 20.8 Å². The minimum atomic E-state index is -4.63. The molecule has 224 valence electrons. The number of rotatable bonds is 7. The Kier molecular flexibility index (Phi) is 8.52. The third kappa shape index (κ3) is 7.52. The van der Waals surface area contributed by atoms with E-state index < -0.39 is 28.6 Å². The van der Waals surface area contributed by atoms with Crippen LogP contribution in [0.4, 0.5) is 13.2 Å². The van der Waals surface area contributed by atoms with Gasteiger partial charge in [-0.3, -0.25) is 4.79 Å². The molecule has 0 fully saturated rings. The van der Waals surface area contributed by atoms with Crippen LogP contribution in [0, 0.1) is 16.7 Å². The van der Waals surface area contributed by atoms with Crippen molar-refractivity contribution in [2.24, 2.45) is 16.7 Å². The molecule has 5 nitrogen and oxygen atoms in total. The summed E-state index contributed by atoms with van der Waals surface area (Å²) < 4.78 is 58.5. The summed E-state index contributed by atoms with van der Waals surface area (Å²) >= 11 is 0. The van der Waals surface area contributed by atoms with Crippen molar-refractivity contribution in [2.75, 3.05) is 0 Å². The lowest BCUT2D eigenvalue weighted by Crippen LogP contribution is -2.54. The Morgan fingerprint density at radius 1 is 0.829 bits per heavy atom. The summed E-state index contributed by atoms with van der Waals surface area (Å²) in [5.41, 5.74) is -4.52. The second-order valence-corrected chi connectivity index (χ2v) is 13.9. The van der Waals surface area contributed by atoms with Crippen LogP contribution in [0.2, 0.25) is 0 Å². The molecule has 41 heavy (non-hydrogen) atoms. The monoisotopic (exact) mass is 574 g/mol. The number of hydrogen-bond donors (Lipinski definition) is 0. The third-order valence-electron chi connectivity index (χ3n) is 7.56. The van der Waals surface area contributed by atoms with Gasteiger partial charge >= 0.3 is 17.8 Å². The lowest BCUT2D eigenvalue weighted by Gasteiger charge is -2.43. The number of carbonyl (C=O) groups excluding carboxylic acids is 1. The van der Waals surface area contributed by atoms with Gasteiger partial charge in [0.1, 0.15) is 22.5 Å². The summed E-state index contributed by atoms with van der Waals surface area (Å²) in [6.45, 7) is 19.5. The number of fused-ring (bicyclic) bond motifs is 1. The molecule has 0 spiro atoms. The fraction of sp³-hybridized carbons (Fsp3) is 0.515. The fourth-order valence-corrected chi connectivity index (χ4v) is 4.53. The molecule has 3 rings (SSSR count). The van der Waals surface area contributed by atoms with Gasteiger partial charge in [-0.05, 0) is 69.2 Å². The van der Waals surface area contributed by atoms with Crippen LogP contribution in [0.3, 0.4) is 0 Å². The molecule has 1 aromatic heterocycles. The largest absolute Gasteiger partial charge is 0.484 e. The van der Waals surface area contributed by atoms with Gasteiger partial charge in [-0.1, -0.05) is 59.7 Å². The molecule has 3 aromatic rings. The average molecular weight is 575 g/mol. The van der Waals surface area contributed by atoms with Gasteiger partial charge in [0.05, 0.1) is 17.0 Å². The molecule has 0 saturated heterocycles. The van der Waals surface area contributed by atoms with Crippen molar-refractivity contribution < 1.29 is 31.9 Å². The summed E-state index contributed by atoms with van der Waals surface area (Å²) in [6, 6.07) is 11.0. The third-order valence-corrected chi connectivity index (χ3v) is 7.56. The van der Waals surface area contributed by atoms with Crippen LogP contribution in [0.15, 0.2) is 57.7 Å². The molecule has 8 heteroatoms. The zero-order chi connectivity index (χ0) is 31.2. The van der Waals surface area contributed by atoms with E-state index in [1.54, 1.807) is 39.8 Å². The molecule has 0 aliphatic heterocycles. The minimum absolute atomic E-state index is 0.0726. The van der Waals surface area contributed by atoms with E-state index in [4.69, 9.17) is 13.9 Å². The van der Waals surface area contributed by atoms with Crippen molar-refractivity contribution in [3.8, 4) is 16.9 Å². The van der Waals surface area contributed by atoms with Crippen molar-refractivity contribution in [1.29, 1.82) is 0 Å². The highest BCUT2D eigenvalue weighted by Crippen LogP contribution is 2.40. The van der Waals surface area contributed by atoms with E-state index in [9.17, 15) is 22.8 Å². The Morgan fingerprint density at radius 3 is 2.00 bits per heavy atom. The number of hydrogen-bond acceptors (Lipinski definition) is 5. The molecule has 2 aromatic carbocycles. The van der Waals surface area contributed by atoms with Crippen LogP contribution < -0.4 is 10.4 Å². The van der Waals surface area contributed by atoms with Crippen molar-refractivity contribution in [1.82, 2.24) is 0 Å². The van der Waals surface area contributed by atoms with Gasteiger partial charge < -0.3 is 13.9 Å². The molecule has 1 unspecified atom stereocenters. The maximum absolute atomic E-state index is 13.6. The number of halogens is 3. The first kappa shape index (κ1) is 32.2. The van der Waals surface area contributed by atoms with E-state index in [-0.39, 0.29) is 39.4 Å². The first-order chi connectivity index (χ1) is 18.5. The van der Waals surface area contributed by atoms with Crippen molar-refractivity contribution in [2.45, 2.75) is 93.0 Å². The van der Waals surface area contributed by atoms with Gasteiger partial charge in [-0.2, -0.15) is 13.2 Å². The van der Waals surface area contributed by atoms with Gasteiger partial charge in [0.25, 0.3) is 0 Å². The highest BCUT2D eigenvalue weighted by atomic mass is 19.4. The first-order valence-electron chi connectivity index (χ1n) is 13.7. The van der Waals surface area contributed by atoms with E-state index in [1.165, 1.54) is 30.3 Å². The Morgan fingerprint density at radius 2 is 1.44 bits per heavy atom. The van der Waals surface area contributed by atoms with E-state index in [0.29, 0.717) is 17.6 Å². The SMILES string of the molecule is CC(C)(C)CC(C(=O)OC(C)(C)C(C)(C)Oc1ccc2cc(-c3ccccc3C(F)(F)F)c(=O)oc2c1)C(C)(C)C. The molecular formula is C33H41F3O5. The van der Waals surface area contributed by atoms with Crippen LogP contribution >= 0.6 is 0 Å². The van der Waals surface area contributed by atoms with Gasteiger partial charge in [-0.25, -0.2) is 4.79 Å². The predicted octanol–water partition coefficient (Wildman–Crippen LogP) is 9.06. The zero-order valence-electron chi connectivity index (χ0n) is 25.6. The van der Waals surface area contributed by atoms with Gasteiger partial charge in [-0.15, -0.1) is 0 Å². The standard InChI is InChI=1S/C33H41F3O5/c1-29(2,3)19-25(30(4,5)6)28(38)41-32(9,10)31(7,8)40-21-16-15-20-17-23(27(37)39-26(20)18-21)22-13-11-12-14-24(22)33(34,35)36/h11-18,25H,19H2,1-10H3. The average Bonchev–Trinajstić information content (AvgIpc) is 2.79. The number of benzene rings is 2. The molecule has 0 aliphatic carbocycles. The molecule has 0 saturated carbocycles. The van der Waals surface area contributed by atoms with Gasteiger partial charge in [0, 0.05) is 17.0 Å². The molecular weight excluding hydrogens is 533 g/mol. The predicted molar refractivity (Wildman–Crippen MR) is 155 cm³/mol. The Bertz CT molecular complexity index is 1470. The van der Waals surface area contributed by atoms with Crippen LogP contribution in [0.1, 0.15) is 81.2 Å². The van der Waals surface area contributed by atoms with Gasteiger partial charge in [0.15, 0.2) is 0 Å². The normalized spacial score (nSPS) is 14.2. The minimum Gasteiger partial charge on any atom is -0.484 e. The van der Waals surface area contributed by atoms with E-state index in [0.717, 1.165) is 6.07 Å². The Hall–Kier alpha value is -3.29. The summed E-state index contributed by atoms with van der Waals surface area (Å²) in [6.07, 6.45) is -3.97. The lowest BCUT2D eigenvalue weighted by molar-refractivity contribution is -0.186. The number of carbonyl (C=O) groups is 1. The second kappa shape index (κ2) is 10.8. The molecule has 1 heterocycles. The molecule has 0 radical (unpaired) electrons. The highest BCUT2D eigenvalue weighted by molar-refractivity contribution is 5.83. The first-order valence-corrected chi connectivity index (χ1v) is 13.7. The van der Waals surface area contributed by atoms with Crippen LogP contribution in [-0.4, -0.2) is 17.2 Å². The van der Waals surface area contributed by atoms with Crippen LogP contribution in [0.5, 0.6) is 5.75 Å². The number of esters is 1. The summed E-state index contributed by atoms with van der Waals surface area (Å²) in [4.78, 5) is 26.2. The van der Waals surface area contributed by atoms with Crippen molar-refractivity contribution >= 4 is 16.9 Å². The van der Waals surface area contributed by atoms with Crippen molar-refractivity contribution in [3.05, 3.63) is 64.5 Å². The molecule has 1 atom stereocenters.